The van der Waals surface area contributed by atoms with Crippen LogP contribution in [-0.2, 0) is 6.42 Å². The number of aromatic nitrogens is 1. The van der Waals surface area contributed by atoms with Crippen LogP contribution in [0.1, 0.15) is 20.8 Å². The Bertz CT molecular complexity index is 850. The highest BCUT2D eigenvalue weighted by Gasteiger charge is 2.13. The third kappa shape index (κ3) is 3.75. The van der Waals surface area contributed by atoms with Gasteiger partial charge in [-0.15, -0.1) is 11.3 Å². The molecule has 0 saturated heterocycles. The molecule has 0 bridgehead atoms. The molecule has 0 atom stereocenters. The minimum Gasteiger partial charge on any atom is -0.298 e. The van der Waals surface area contributed by atoms with Gasteiger partial charge in [0.05, 0.1) is 5.56 Å². The van der Waals surface area contributed by atoms with Crippen LogP contribution in [0.3, 0.4) is 0 Å². The zero-order chi connectivity index (χ0) is 16.2. The highest BCUT2D eigenvalue weighted by molar-refractivity contribution is 7.15. The van der Waals surface area contributed by atoms with Crippen LogP contribution >= 0.6 is 22.9 Å². The lowest BCUT2D eigenvalue weighted by atomic mass is 10.1. The SMILES string of the molecule is O=C(Nc1ncc(Cc2ccccc2Cl)s1)c1ccccc1F. The number of anilines is 1. The smallest absolute Gasteiger partial charge is 0.260 e. The molecule has 3 nitrogen and oxygen atoms in total. The van der Waals surface area contributed by atoms with E-state index >= 15 is 0 Å². The van der Waals surface area contributed by atoms with E-state index < -0.39 is 11.7 Å². The molecule has 3 rings (SSSR count). The van der Waals surface area contributed by atoms with Crippen LogP contribution in [0, 0.1) is 5.82 Å². The van der Waals surface area contributed by atoms with Crippen molar-refractivity contribution in [3.05, 3.63) is 81.6 Å². The number of carbonyl (C=O) groups excluding carboxylic acids is 1. The lowest BCUT2D eigenvalue weighted by molar-refractivity contribution is 0.102. The summed E-state index contributed by atoms with van der Waals surface area (Å²) in [5.74, 6) is -1.07. The Labute approximate surface area is 141 Å². The number of nitrogens with one attached hydrogen (secondary N) is 1. The summed E-state index contributed by atoms with van der Waals surface area (Å²) in [7, 11) is 0. The van der Waals surface area contributed by atoms with Gasteiger partial charge in [0.2, 0.25) is 0 Å². The van der Waals surface area contributed by atoms with Gasteiger partial charge in [-0.1, -0.05) is 41.9 Å². The summed E-state index contributed by atoms with van der Waals surface area (Å²) in [4.78, 5) is 17.2. The van der Waals surface area contributed by atoms with Crippen molar-refractivity contribution in [2.45, 2.75) is 6.42 Å². The van der Waals surface area contributed by atoms with Gasteiger partial charge in [0.15, 0.2) is 5.13 Å². The Kier molecular flexibility index (Phi) is 4.69. The van der Waals surface area contributed by atoms with E-state index in [1.165, 1.54) is 29.5 Å². The second kappa shape index (κ2) is 6.89. The molecule has 0 radical (unpaired) electrons. The molecule has 116 valence electrons. The highest BCUT2D eigenvalue weighted by atomic mass is 35.5. The molecule has 6 heteroatoms. The molecule has 1 heterocycles. The van der Waals surface area contributed by atoms with Gasteiger partial charge in [0.1, 0.15) is 5.82 Å². The summed E-state index contributed by atoms with van der Waals surface area (Å²) < 4.78 is 13.6. The van der Waals surface area contributed by atoms with Crippen LogP contribution < -0.4 is 5.32 Å². The topological polar surface area (TPSA) is 42.0 Å². The molecule has 1 amide bonds. The second-order valence-electron chi connectivity index (χ2n) is 4.83. The lowest BCUT2D eigenvalue weighted by Crippen LogP contribution is -2.13. The van der Waals surface area contributed by atoms with E-state index in [1.807, 2.05) is 24.3 Å². The quantitative estimate of drug-likeness (QED) is 0.738. The second-order valence-corrected chi connectivity index (χ2v) is 6.36. The van der Waals surface area contributed by atoms with Gasteiger partial charge in [0.25, 0.3) is 5.91 Å². The Morgan fingerprint density at radius 1 is 1.17 bits per heavy atom. The molecular weight excluding hydrogens is 335 g/mol. The maximum atomic E-state index is 13.6. The minimum absolute atomic E-state index is 0.00430. The first-order valence-electron chi connectivity index (χ1n) is 6.87. The Balaban J connectivity index is 1.72. The number of benzene rings is 2. The Hall–Kier alpha value is -2.24. The zero-order valence-electron chi connectivity index (χ0n) is 11.9. The van der Waals surface area contributed by atoms with Crippen molar-refractivity contribution in [2.24, 2.45) is 0 Å². The number of amides is 1. The number of rotatable bonds is 4. The number of thiazole rings is 1. The Morgan fingerprint density at radius 3 is 2.70 bits per heavy atom. The van der Waals surface area contributed by atoms with E-state index in [0.29, 0.717) is 16.6 Å². The standard InChI is InChI=1S/C17H12ClFN2OS/c18-14-7-3-1-5-11(14)9-12-10-20-17(23-12)21-16(22)13-6-2-4-8-15(13)19/h1-8,10H,9H2,(H,20,21,22). The van der Waals surface area contributed by atoms with Crippen molar-refractivity contribution in [3.63, 3.8) is 0 Å². The van der Waals surface area contributed by atoms with Crippen LogP contribution in [0.4, 0.5) is 9.52 Å². The van der Waals surface area contributed by atoms with E-state index in [9.17, 15) is 9.18 Å². The summed E-state index contributed by atoms with van der Waals surface area (Å²) in [5, 5.41) is 3.74. The normalized spacial score (nSPS) is 10.5. The van der Waals surface area contributed by atoms with E-state index in [2.05, 4.69) is 10.3 Å². The molecule has 0 saturated carbocycles. The molecule has 0 unspecified atom stereocenters. The summed E-state index contributed by atoms with van der Waals surface area (Å²) in [6.45, 7) is 0. The molecule has 3 aromatic rings. The maximum Gasteiger partial charge on any atom is 0.260 e. The number of carbonyl (C=O) groups is 1. The van der Waals surface area contributed by atoms with Gasteiger partial charge < -0.3 is 0 Å². The maximum absolute atomic E-state index is 13.6. The van der Waals surface area contributed by atoms with Crippen LogP contribution in [0.5, 0.6) is 0 Å². The van der Waals surface area contributed by atoms with Crippen molar-refractivity contribution >= 4 is 34.0 Å². The van der Waals surface area contributed by atoms with Crippen LogP contribution in [-0.4, -0.2) is 10.9 Å². The zero-order valence-corrected chi connectivity index (χ0v) is 13.5. The molecule has 0 aliphatic rings. The van der Waals surface area contributed by atoms with Crippen molar-refractivity contribution in [1.29, 1.82) is 0 Å². The third-order valence-corrected chi connectivity index (χ3v) is 4.50. The van der Waals surface area contributed by atoms with Gasteiger partial charge >= 0.3 is 0 Å². The molecule has 0 aliphatic carbocycles. The fourth-order valence-electron chi connectivity index (χ4n) is 2.09. The van der Waals surface area contributed by atoms with Crippen molar-refractivity contribution in [3.8, 4) is 0 Å². The van der Waals surface area contributed by atoms with Gasteiger partial charge in [-0.3, -0.25) is 10.1 Å². The first-order valence-corrected chi connectivity index (χ1v) is 8.07. The third-order valence-electron chi connectivity index (χ3n) is 3.22. The van der Waals surface area contributed by atoms with Gasteiger partial charge in [-0.25, -0.2) is 9.37 Å². The number of hydrogen-bond donors (Lipinski definition) is 1. The molecule has 0 spiro atoms. The summed E-state index contributed by atoms with van der Waals surface area (Å²) >= 11 is 7.48. The monoisotopic (exact) mass is 346 g/mol. The fourth-order valence-corrected chi connectivity index (χ4v) is 3.12. The molecule has 1 aromatic heterocycles. The molecular formula is C17H12ClFN2OS. The largest absolute Gasteiger partial charge is 0.298 e. The van der Waals surface area contributed by atoms with Gasteiger partial charge in [-0.2, -0.15) is 0 Å². The molecule has 23 heavy (non-hydrogen) atoms. The van der Waals surface area contributed by atoms with E-state index in [4.69, 9.17) is 11.6 Å². The highest BCUT2D eigenvalue weighted by Crippen LogP contribution is 2.25. The summed E-state index contributed by atoms with van der Waals surface area (Å²) in [5.41, 5.74) is 0.986. The summed E-state index contributed by atoms with van der Waals surface area (Å²) in [6, 6.07) is 13.4. The number of nitrogens with zero attached hydrogens (tertiary/aromatic N) is 1. The molecule has 1 N–H and O–H groups in total. The average Bonchev–Trinajstić information content (AvgIpc) is 2.97. The van der Waals surface area contributed by atoms with E-state index in [1.54, 1.807) is 12.3 Å². The average molecular weight is 347 g/mol. The first-order chi connectivity index (χ1) is 11.1. The van der Waals surface area contributed by atoms with Crippen LogP contribution in [0.2, 0.25) is 5.02 Å². The minimum atomic E-state index is -0.558. The number of hydrogen-bond acceptors (Lipinski definition) is 3. The predicted octanol–water partition coefficient (Wildman–Crippen LogP) is 4.78. The Morgan fingerprint density at radius 2 is 1.91 bits per heavy atom. The van der Waals surface area contributed by atoms with Gasteiger partial charge in [-0.05, 0) is 23.8 Å². The number of halogens is 2. The molecule has 0 fully saturated rings. The molecule has 0 aliphatic heterocycles. The summed E-state index contributed by atoms with van der Waals surface area (Å²) in [6.07, 6.45) is 2.32. The van der Waals surface area contributed by atoms with Crippen molar-refractivity contribution in [2.75, 3.05) is 5.32 Å². The van der Waals surface area contributed by atoms with Crippen molar-refractivity contribution in [1.82, 2.24) is 4.98 Å². The predicted molar refractivity (Wildman–Crippen MR) is 90.7 cm³/mol. The first kappa shape index (κ1) is 15.6. The van der Waals surface area contributed by atoms with Crippen LogP contribution in [0.15, 0.2) is 54.7 Å². The van der Waals surface area contributed by atoms with E-state index in [0.717, 1.165) is 10.4 Å². The lowest BCUT2D eigenvalue weighted by Gasteiger charge is -2.02. The van der Waals surface area contributed by atoms with Crippen LogP contribution in [0.25, 0.3) is 0 Å². The van der Waals surface area contributed by atoms with E-state index in [-0.39, 0.29) is 5.56 Å². The fraction of sp³-hybridized carbons (Fsp3) is 0.0588. The van der Waals surface area contributed by atoms with Crippen molar-refractivity contribution < 1.29 is 9.18 Å². The molecule has 2 aromatic carbocycles. The van der Waals surface area contributed by atoms with Gasteiger partial charge in [0, 0.05) is 22.5 Å².